The van der Waals surface area contributed by atoms with Crippen LogP contribution in [0.3, 0.4) is 0 Å². The van der Waals surface area contributed by atoms with E-state index in [-0.39, 0.29) is 0 Å². The van der Waals surface area contributed by atoms with Gasteiger partial charge in [-0.05, 0) is 6.08 Å². The number of rotatable bonds is 2. The first-order chi connectivity index (χ1) is 10.5. The molecule has 0 aliphatic heterocycles. The zero-order chi connectivity index (χ0) is 20.9. The molecule has 0 amide bonds. The quantitative estimate of drug-likeness (QED) is 0.382. The summed E-state index contributed by atoms with van der Waals surface area (Å²) < 4.78 is 197. The fourth-order valence-corrected chi connectivity index (χ4v) is 1.36. The lowest BCUT2D eigenvalue weighted by atomic mass is 9.83. The van der Waals surface area contributed by atoms with Crippen molar-refractivity contribution in [3.63, 3.8) is 0 Å². The molecule has 0 unspecified atom stereocenters. The molecular weight excluding hydrogens is 412 g/mol. The van der Waals surface area contributed by atoms with E-state index in [1.165, 1.54) is 0 Å². The topological polar surface area (TPSA) is 0 Å². The van der Waals surface area contributed by atoms with Gasteiger partial charge in [0, 0.05) is 0 Å². The van der Waals surface area contributed by atoms with Gasteiger partial charge >= 0.3 is 36.6 Å². The Morgan fingerprint density at radius 3 is 0.720 bits per heavy atom. The molecule has 0 N–H and O–H groups in total. The van der Waals surface area contributed by atoms with Crippen molar-refractivity contribution in [3.8, 4) is 0 Å². The Hall–Kier alpha value is -1.38. The summed E-state index contributed by atoms with van der Waals surface area (Å²) in [5.41, 5.74) is -14.1. The summed E-state index contributed by atoms with van der Waals surface area (Å²) in [5, 5.41) is 0. The summed E-state index contributed by atoms with van der Waals surface area (Å²) in [6, 6.07) is 0. The van der Waals surface area contributed by atoms with Gasteiger partial charge in [0.05, 0.1) is 0 Å². The number of hydrogen-bond acceptors (Lipinski definition) is 0. The van der Waals surface area contributed by atoms with E-state index in [9.17, 15) is 70.2 Å². The van der Waals surface area contributed by atoms with Gasteiger partial charge in [0.1, 0.15) is 0 Å². The fourth-order valence-electron chi connectivity index (χ4n) is 1.36. The minimum absolute atomic E-state index is 2.50. The van der Waals surface area contributed by atoms with Gasteiger partial charge in [-0.15, -0.1) is 0 Å². The largest absolute Gasteiger partial charge is 0.435 e. The van der Waals surface area contributed by atoms with Crippen molar-refractivity contribution in [2.24, 2.45) is 5.41 Å². The SMILES string of the molecule is FC(F)(F)C(F)(C=CC(C(F)(F)F)(C(F)(F)F)C(F)(F)F)C(F)(F)F. The van der Waals surface area contributed by atoms with Crippen LogP contribution in [0, 0.1) is 5.41 Å². The molecule has 16 heteroatoms. The van der Waals surface area contributed by atoms with E-state index in [1.54, 1.807) is 0 Å². The molecular formula is C9H2F16. The summed E-state index contributed by atoms with van der Waals surface area (Å²) in [5.74, 6) is 0. The van der Waals surface area contributed by atoms with Crippen LogP contribution in [0.4, 0.5) is 70.2 Å². The van der Waals surface area contributed by atoms with Crippen molar-refractivity contribution in [2.75, 3.05) is 0 Å². The summed E-state index contributed by atoms with van der Waals surface area (Å²) in [4.78, 5) is 0. The van der Waals surface area contributed by atoms with Crippen molar-refractivity contribution in [1.82, 2.24) is 0 Å². The van der Waals surface area contributed by atoms with Gasteiger partial charge in [-0.2, -0.15) is 65.9 Å². The highest BCUT2D eigenvalue weighted by Gasteiger charge is 2.83. The van der Waals surface area contributed by atoms with Crippen molar-refractivity contribution in [1.29, 1.82) is 0 Å². The first kappa shape index (κ1) is 23.6. The zero-order valence-corrected chi connectivity index (χ0v) is 10.7. The Kier molecular flexibility index (Phi) is 5.50. The third-order valence-corrected chi connectivity index (χ3v) is 2.73. The van der Waals surface area contributed by atoms with Gasteiger partial charge in [-0.25, -0.2) is 4.39 Å². The standard InChI is InChI=1S/C9H2F16/c10-4(8(20,21)22,9(23,24)25)2-1-3(5(11,12)13,6(14,15)16)7(17,18)19/h1-2H. The van der Waals surface area contributed by atoms with Crippen molar-refractivity contribution < 1.29 is 70.2 Å². The Balaban J connectivity index is 6.82. The van der Waals surface area contributed by atoms with Crippen LogP contribution in [-0.4, -0.2) is 36.6 Å². The van der Waals surface area contributed by atoms with Crippen molar-refractivity contribution >= 4 is 0 Å². The molecule has 0 saturated heterocycles. The van der Waals surface area contributed by atoms with Crippen LogP contribution in [0.2, 0.25) is 0 Å². The lowest BCUT2D eigenvalue weighted by Crippen LogP contribution is -2.59. The highest BCUT2D eigenvalue weighted by molar-refractivity contribution is 5.20. The van der Waals surface area contributed by atoms with Crippen LogP contribution in [0.15, 0.2) is 12.2 Å². The lowest BCUT2D eigenvalue weighted by Gasteiger charge is -2.37. The van der Waals surface area contributed by atoms with Crippen LogP contribution in [0.25, 0.3) is 0 Å². The molecule has 0 aliphatic rings. The Morgan fingerprint density at radius 2 is 0.560 bits per heavy atom. The maximum atomic E-state index is 13.1. The molecule has 0 aromatic heterocycles. The van der Waals surface area contributed by atoms with E-state index in [1.807, 2.05) is 0 Å². The van der Waals surface area contributed by atoms with E-state index in [0.29, 0.717) is 0 Å². The number of allylic oxidation sites excluding steroid dienone is 2. The normalized spacial score (nSPS) is 16.6. The Morgan fingerprint density at radius 1 is 0.320 bits per heavy atom. The smallest absolute Gasteiger partial charge is 0.219 e. The summed E-state index contributed by atoms with van der Waals surface area (Å²) in [6.45, 7) is 0. The first-order valence-corrected chi connectivity index (χ1v) is 5.18. The molecule has 0 radical (unpaired) electrons. The molecule has 150 valence electrons. The minimum Gasteiger partial charge on any atom is -0.219 e. The van der Waals surface area contributed by atoms with Crippen molar-refractivity contribution in [2.45, 2.75) is 36.6 Å². The maximum absolute atomic E-state index is 13.1. The van der Waals surface area contributed by atoms with Crippen molar-refractivity contribution in [3.05, 3.63) is 12.2 Å². The molecule has 0 spiro atoms. The maximum Gasteiger partial charge on any atom is 0.435 e. The van der Waals surface area contributed by atoms with Gasteiger partial charge < -0.3 is 0 Å². The molecule has 0 bridgehead atoms. The van der Waals surface area contributed by atoms with Gasteiger partial charge in [0.15, 0.2) is 0 Å². The second kappa shape index (κ2) is 5.82. The number of alkyl halides is 16. The van der Waals surface area contributed by atoms with E-state index in [2.05, 4.69) is 0 Å². The molecule has 0 atom stereocenters. The minimum atomic E-state index is -7.49. The summed E-state index contributed by atoms with van der Waals surface area (Å²) in [6.07, 6.45) is -41.9. The van der Waals surface area contributed by atoms with Gasteiger partial charge in [-0.1, -0.05) is 6.08 Å². The second-order valence-electron chi connectivity index (χ2n) is 4.34. The van der Waals surface area contributed by atoms with Gasteiger partial charge in [-0.3, -0.25) is 0 Å². The molecule has 0 aromatic rings. The molecule has 0 fully saturated rings. The number of hydrogen-bond donors (Lipinski definition) is 0. The molecule has 0 rings (SSSR count). The average molecular weight is 414 g/mol. The zero-order valence-electron chi connectivity index (χ0n) is 10.7. The lowest BCUT2D eigenvalue weighted by molar-refractivity contribution is -0.407. The van der Waals surface area contributed by atoms with Crippen LogP contribution in [-0.2, 0) is 0 Å². The predicted octanol–water partition coefficient (Wildman–Crippen LogP) is 6.05. The van der Waals surface area contributed by atoms with E-state index in [0.717, 1.165) is 0 Å². The molecule has 0 aliphatic carbocycles. The average Bonchev–Trinajstić information content (AvgIpc) is 2.19. The monoisotopic (exact) mass is 414 g/mol. The second-order valence-corrected chi connectivity index (χ2v) is 4.34. The molecule has 0 saturated carbocycles. The van der Waals surface area contributed by atoms with Crippen LogP contribution < -0.4 is 0 Å². The number of halogens is 16. The third kappa shape index (κ3) is 3.75. The molecule has 0 heterocycles. The fraction of sp³-hybridized carbons (Fsp3) is 0.778. The van der Waals surface area contributed by atoms with Crippen LogP contribution in [0.5, 0.6) is 0 Å². The Labute approximate surface area is 126 Å². The van der Waals surface area contributed by atoms with E-state index >= 15 is 0 Å². The predicted molar refractivity (Wildman–Crippen MR) is 45.7 cm³/mol. The Bertz CT molecular complexity index is 440. The van der Waals surface area contributed by atoms with E-state index < -0.39 is 54.1 Å². The molecule has 0 aromatic carbocycles. The van der Waals surface area contributed by atoms with Gasteiger partial charge in [0.2, 0.25) is 0 Å². The highest BCUT2D eigenvalue weighted by Crippen LogP contribution is 2.61. The highest BCUT2D eigenvalue weighted by atomic mass is 19.4. The molecule has 25 heavy (non-hydrogen) atoms. The summed E-state index contributed by atoms with van der Waals surface area (Å²) in [7, 11) is 0. The summed E-state index contributed by atoms with van der Waals surface area (Å²) >= 11 is 0. The first-order valence-electron chi connectivity index (χ1n) is 5.18. The van der Waals surface area contributed by atoms with Crippen LogP contribution >= 0.6 is 0 Å². The van der Waals surface area contributed by atoms with Crippen LogP contribution in [0.1, 0.15) is 0 Å². The van der Waals surface area contributed by atoms with E-state index in [4.69, 9.17) is 0 Å². The van der Waals surface area contributed by atoms with Gasteiger partial charge in [0.25, 0.3) is 5.41 Å². The third-order valence-electron chi connectivity index (χ3n) is 2.73. The molecule has 0 nitrogen and oxygen atoms in total.